The van der Waals surface area contributed by atoms with E-state index in [0.29, 0.717) is 43.0 Å². The van der Waals surface area contributed by atoms with Gasteiger partial charge >= 0.3 is 0 Å². The molecular weight excluding hydrogens is 452 g/mol. The second-order valence-electron chi connectivity index (χ2n) is 8.22. The molecule has 1 N–H and O–H groups in total. The van der Waals surface area contributed by atoms with Crippen LogP contribution in [-0.4, -0.2) is 47.4 Å². The third-order valence-electron chi connectivity index (χ3n) is 5.56. The number of aryl methyl sites for hydroxylation is 2. The number of carbonyl (C=O) groups excluding carboxylic acids is 1. The molecule has 8 nitrogen and oxygen atoms in total. The number of ether oxygens (including phenoxy) is 1. The van der Waals surface area contributed by atoms with Crippen molar-refractivity contribution in [3.63, 3.8) is 0 Å². The molecular formula is C25H34N4O4S. The first kappa shape index (κ1) is 25.7. The van der Waals surface area contributed by atoms with Crippen LogP contribution in [0.2, 0.25) is 0 Å². The number of fused-ring (bicyclic) bond motifs is 1. The van der Waals surface area contributed by atoms with Crippen molar-refractivity contribution in [1.29, 1.82) is 0 Å². The predicted octanol–water partition coefficient (Wildman–Crippen LogP) is 4.45. The van der Waals surface area contributed by atoms with Gasteiger partial charge in [-0.05, 0) is 51.1 Å². The maximum atomic E-state index is 12.9. The van der Waals surface area contributed by atoms with Gasteiger partial charge in [-0.3, -0.25) is 4.79 Å². The average molecular weight is 487 g/mol. The molecule has 9 heteroatoms. The fraction of sp³-hybridized carbons (Fsp3) is 0.440. The molecule has 184 valence electrons. The Morgan fingerprint density at radius 2 is 1.82 bits per heavy atom. The summed E-state index contributed by atoms with van der Waals surface area (Å²) in [7, 11) is -3.57. The van der Waals surface area contributed by atoms with Crippen LogP contribution >= 0.6 is 0 Å². The van der Waals surface area contributed by atoms with Crippen molar-refractivity contribution in [3.8, 4) is 5.75 Å². The fourth-order valence-electron chi connectivity index (χ4n) is 3.94. The van der Waals surface area contributed by atoms with Gasteiger partial charge in [-0.1, -0.05) is 26.0 Å². The summed E-state index contributed by atoms with van der Waals surface area (Å²) in [4.78, 5) is 17.6. The standard InChI is InChI=1S/C25H34N4O4S/c1-6-28(7-2)34(31,32)19-13-14-22-21(17-19)26-24(29(22)8-3)15-16-25(30)27-20-11-9-10-12-23(20)33-18(4)5/h9-14,17-18H,6-8,15-16H2,1-5H3,(H,27,30). The number of anilines is 1. The Morgan fingerprint density at radius 3 is 2.47 bits per heavy atom. The first-order chi connectivity index (χ1) is 16.2. The number of nitrogens with zero attached hydrogens (tertiary/aromatic N) is 3. The summed E-state index contributed by atoms with van der Waals surface area (Å²) in [5.74, 6) is 1.24. The number of amides is 1. The summed E-state index contributed by atoms with van der Waals surface area (Å²) in [6.07, 6.45) is 0.668. The highest BCUT2D eigenvalue weighted by Gasteiger charge is 2.23. The summed E-state index contributed by atoms with van der Waals surface area (Å²) in [6.45, 7) is 11.0. The zero-order chi connectivity index (χ0) is 24.9. The summed E-state index contributed by atoms with van der Waals surface area (Å²) < 4.78 is 35.0. The van der Waals surface area contributed by atoms with Gasteiger partial charge in [-0.2, -0.15) is 4.31 Å². The van der Waals surface area contributed by atoms with Crippen LogP contribution in [0.15, 0.2) is 47.4 Å². The predicted molar refractivity (Wildman–Crippen MR) is 135 cm³/mol. The van der Waals surface area contributed by atoms with Gasteiger partial charge in [-0.25, -0.2) is 13.4 Å². The Morgan fingerprint density at radius 1 is 1.12 bits per heavy atom. The average Bonchev–Trinajstić information content (AvgIpc) is 3.16. The highest BCUT2D eigenvalue weighted by molar-refractivity contribution is 7.89. The Kier molecular flexibility index (Phi) is 8.33. The summed E-state index contributed by atoms with van der Waals surface area (Å²) in [6, 6.07) is 12.4. The van der Waals surface area contributed by atoms with Gasteiger partial charge < -0.3 is 14.6 Å². The molecule has 0 saturated carbocycles. The largest absolute Gasteiger partial charge is 0.489 e. The van der Waals surface area contributed by atoms with E-state index in [1.165, 1.54) is 4.31 Å². The van der Waals surface area contributed by atoms with Crippen molar-refractivity contribution in [2.75, 3.05) is 18.4 Å². The Labute approximate surface area is 202 Å². The van der Waals surface area contributed by atoms with Crippen molar-refractivity contribution >= 4 is 32.7 Å². The molecule has 1 heterocycles. The van der Waals surface area contributed by atoms with Crippen LogP contribution in [0.4, 0.5) is 5.69 Å². The van der Waals surface area contributed by atoms with Gasteiger partial charge in [0.05, 0.1) is 27.7 Å². The van der Waals surface area contributed by atoms with E-state index in [0.717, 1.165) is 11.3 Å². The number of hydrogen-bond acceptors (Lipinski definition) is 5. The number of benzene rings is 2. The molecule has 0 radical (unpaired) electrons. The van der Waals surface area contributed by atoms with Gasteiger partial charge in [0.2, 0.25) is 15.9 Å². The molecule has 3 aromatic rings. The lowest BCUT2D eigenvalue weighted by Gasteiger charge is -2.18. The highest BCUT2D eigenvalue weighted by Crippen LogP contribution is 2.26. The van der Waals surface area contributed by atoms with Crippen LogP contribution in [0.25, 0.3) is 11.0 Å². The monoisotopic (exact) mass is 486 g/mol. The van der Waals surface area contributed by atoms with Gasteiger partial charge in [0, 0.05) is 32.5 Å². The number of rotatable bonds is 11. The van der Waals surface area contributed by atoms with Gasteiger partial charge in [-0.15, -0.1) is 0 Å². The molecule has 0 fully saturated rings. The Hall–Kier alpha value is -2.91. The van der Waals surface area contributed by atoms with E-state index >= 15 is 0 Å². The van der Waals surface area contributed by atoms with Gasteiger partial charge in [0.25, 0.3) is 0 Å². The van der Waals surface area contributed by atoms with E-state index in [9.17, 15) is 13.2 Å². The van der Waals surface area contributed by atoms with E-state index in [1.807, 2.05) is 63.5 Å². The normalized spacial score (nSPS) is 12.0. The van der Waals surface area contributed by atoms with Crippen LogP contribution in [0.1, 0.15) is 46.9 Å². The number of para-hydroxylation sites is 2. The lowest BCUT2D eigenvalue weighted by Crippen LogP contribution is -2.30. The van der Waals surface area contributed by atoms with Crippen molar-refractivity contribution < 1.29 is 17.9 Å². The zero-order valence-electron chi connectivity index (χ0n) is 20.5. The number of hydrogen-bond donors (Lipinski definition) is 1. The van der Waals surface area contributed by atoms with E-state index in [-0.39, 0.29) is 23.3 Å². The molecule has 2 aromatic carbocycles. The van der Waals surface area contributed by atoms with Gasteiger partial charge in [0.15, 0.2) is 0 Å². The number of carbonyl (C=O) groups is 1. The van der Waals surface area contributed by atoms with Crippen LogP contribution in [-0.2, 0) is 27.8 Å². The number of nitrogens with one attached hydrogen (secondary N) is 1. The lowest BCUT2D eigenvalue weighted by molar-refractivity contribution is -0.116. The van der Waals surface area contributed by atoms with Crippen LogP contribution < -0.4 is 10.1 Å². The van der Waals surface area contributed by atoms with Crippen LogP contribution in [0, 0.1) is 0 Å². The van der Waals surface area contributed by atoms with Crippen LogP contribution in [0.5, 0.6) is 5.75 Å². The zero-order valence-corrected chi connectivity index (χ0v) is 21.4. The second-order valence-corrected chi connectivity index (χ2v) is 10.2. The number of imidazole rings is 1. The minimum atomic E-state index is -3.57. The SMILES string of the molecule is CCN(CC)S(=O)(=O)c1ccc2c(c1)nc(CCC(=O)Nc1ccccc1OC(C)C)n2CC. The van der Waals surface area contributed by atoms with E-state index in [2.05, 4.69) is 10.3 Å². The summed E-state index contributed by atoms with van der Waals surface area (Å²) in [5, 5.41) is 2.93. The topological polar surface area (TPSA) is 93.5 Å². The third-order valence-corrected chi connectivity index (χ3v) is 7.60. The minimum absolute atomic E-state index is 0.00190. The number of sulfonamides is 1. The molecule has 0 spiro atoms. The molecule has 34 heavy (non-hydrogen) atoms. The second kappa shape index (κ2) is 11.0. The number of aromatic nitrogens is 2. The molecule has 0 saturated heterocycles. The molecule has 1 aromatic heterocycles. The Bertz CT molecular complexity index is 1250. The van der Waals surface area contributed by atoms with Gasteiger partial charge in [0.1, 0.15) is 11.6 Å². The van der Waals surface area contributed by atoms with E-state index in [1.54, 1.807) is 18.2 Å². The van der Waals surface area contributed by atoms with Crippen molar-refractivity contribution in [3.05, 3.63) is 48.3 Å². The van der Waals surface area contributed by atoms with Crippen molar-refractivity contribution in [2.24, 2.45) is 0 Å². The molecule has 0 unspecified atom stereocenters. The Balaban J connectivity index is 1.79. The third kappa shape index (κ3) is 5.59. The molecule has 0 aliphatic heterocycles. The highest BCUT2D eigenvalue weighted by atomic mass is 32.2. The molecule has 3 rings (SSSR count). The maximum Gasteiger partial charge on any atom is 0.243 e. The van der Waals surface area contributed by atoms with E-state index < -0.39 is 10.0 Å². The molecule has 0 aliphatic rings. The fourth-order valence-corrected chi connectivity index (χ4v) is 5.42. The quantitative estimate of drug-likeness (QED) is 0.432. The van der Waals surface area contributed by atoms with Crippen molar-refractivity contribution in [2.45, 2.75) is 65.0 Å². The van der Waals surface area contributed by atoms with Crippen molar-refractivity contribution in [1.82, 2.24) is 13.9 Å². The smallest absolute Gasteiger partial charge is 0.243 e. The summed E-state index contributed by atoms with van der Waals surface area (Å²) in [5.41, 5.74) is 2.10. The summed E-state index contributed by atoms with van der Waals surface area (Å²) >= 11 is 0. The molecule has 0 atom stereocenters. The lowest BCUT2D eigenvalue weighted by atomic mass is 10.2. The first-order valence-corrected chi connectivity index (χ1v) is 13.2. The molecule has 0 aliphatic carbocycles. The van der Waals surface area contributed by atoms with Crippen LogP contribution in [0.3, 0.4) is 0 Å². The molecule has 1 amide bonds. The minimum Gasteiger partial charge on any atom is -0.489 e. The van der Waals surface area contributed by atoms with E-state index in [4.69, 9.17) is 4.74 Å². The molecule has 0 bridgehead atoms. The maximum absolute atomic E-state index is 12.9. The first-order valence-electron chi connectivity index (χ1n) is 11.8.